The highest BCUT2D eigenvalue weighted by Gasteiger charge is 2.25. The zero-order valence-corrected chi connectivity index (χ0v) is 19.0. The molecule has 8 nitrogen and oxygen atoms in total. The molecule has 1 atom stereocenters. The molecular weight excluding hydrogens is 408 g/mol. The Morgan fingerprint density at radius 3 is 2.53 bits per heavy atom. The molecule has 1 aliphatic rings. The molecule has 2 aromatic carbocycles. The van der Waals surface area contributed by atoms with E-state index in [0.717, 1.165) is 50.3 Å². The van der Waals surface area contributed by atoms with E-state index in [1.54, 1.807) is 19.2 Å². The maximum absolute atomic E-state index is 12.9. The van der Waals surface area contributed by atoms with Crippen LogP contribution in [-0.4, -0.2) is 55.6 Å². The Morgan fingerprint density at radius 2 is 1.91 bits per heavy atom. The number of carbonyl (C=O) groups excluding carboxylic acids is 1. The number of nitrogens with zero attached hydrogens (tertiary/aromatic N) is 3. The van der Waals surface area contributed by atoms with E-state index in [1.165, 1.54) is 6.07 Å². The molecule has 3 rings (SSSR count). The van der Waals surface area contributed by atoms with Crippen LogP contribution in [0.25, 0.3) is 0 Å². The van der Waals surface area contributed by atoms with Gasteiger partial charge in [-0.2, -0.15) is 0 Å². The molecule has 0 radical (unpaired) electrons. The monoisotopic (exact) mass is 440 g/mol. The van der Waals surface area contributed by atoms with Crippen molar-refractivity contribution in [3.05, 3.63) is 63.7 Å². The SMILES string of the molecule is CCN(CC)C(CNC(=O)c1ccc(N2CCCC2)c([N+](=O)[O-])c1)c1cccc(OC)c1. The molecule has 1 N–H and O–H groups in total. The van der Waals surface area contributed by atoms with Crippen LogP contribution in [0, 0.1) is 10.1 Å². The lowest BCUT2D eigenvalue weighted by Gasteiger charge is -2.30. The van der Waals surface area contributed by atoms with Crippen LogP contribution in [0.5, 0.6) is 5.75 Å². The highest BCUT2D eigenvalue weighted by molar-refractivity contribution is 5.95. The van der Waals surface area contributed by atoms with Crippen LogP contribution in [0.15, 0.2) is 42.5 Å². The first-order chi connectivity index (χ1) is 15.5. The third-order valence-electron chi connectivity index (χ3n) is 6.07. The molecule has 0 bridgehead atoms. The Kier molecular flexibility index (Phi) is 8.05. The van der Waals surface area contributed by atoms with Gasteiger partial charge in [-0.1, -0.05) is 26.0 Å². The number of hydrogen-bond donors (Lipinski definition) is 1. The van der Waals surface area contributed by atoms with Gasteiger partial charge in [0.05, 0.1) is 18.1 Å². The molecule has 1 fully saturated rings. The van der Waals surface area contributed by atoms with E-state index in [2.05, 4.69) is 24.1 Å². The normalized spacial score (nSPS) is 14.4. The van der Waals surface area contributed by atoms with E-state index in [9.17, 15) is 14.9 Å². The summed E-state index contributed by atoms with van der Waals surface area (Å²) >= 11 is 0. The van der Waals surface area contributed by atoms with Crippen LogP contribution in [0.2, 0.25) is 0 Å². The van der Waals surface area contributed by atoms with Crippen LogP contribution >= 0.6 is 0 Å². The maximum atomic E-state index is 12.9. The Morgan fingerprint density at radius 1 is 1.19 bits per heavy atom. The fraction of sp³-hybridized carbons (Fsp3) is 0.458. The largest absolute Gasteiger partial charge is 0.497 e. The Labute approximate surface area is 189 Å². The van der Waals surface area contributed by atoms with Crippen molar-refractivity contribution >= 4 is 17.3 Å². The second-order valence-electron chi connectivity index (χ2n) is 7.88. The van der Waals surface area contributed by atoms with Crippen molar-refractivity contribution in [2.45, 2.75) is 32.7 Å². The Hall–Kier alpha value is -3.13. The van der Waals surface area contributed by atoms with Gasteiger partial charge >= 0.3 is 0 Å². The third kappa shape index (κ3) is 5.37. The van der Waals surface area contributed by atoms with E-state index < -0.39 is 4.92 Å². The lowest BCUT2D eigenvalue weighted by atomic mass is 10.0. The molecular formula is C24H32N4O4. The molecule has 1 unspecified atom stereocenters. The molecule has 32 heavy (non-hydrogen) atoms. The zero-order chi connectivity index (χ0) is 23.1. The first kappa shape index (κ1) is 23.5. The van der Waals surface area contributed by atoms with Gasteiger partial charge in [0.15, 0.2) is 0 Å². The van der Waals surface area contributed by atoms with Crippen LogP contribution in [0.4, 0.5) is 11.4 Å². The predicted octanol–water partition coefficient (Wildman–Crippen LogP) is 4.02. The summed E-state index contributed by atoms with van der Waals surface area (Å²) in [6.45, 7) is 7.80. The van der Waals surface area contributed by atoms with Gasteiger partial charge in [-0.3, -0.25) is 19.8 Å². The third-order valence-corrected chi connectivity index (χ3v) is 6.07. The summed E-state index contributed by atoms with van der Waals surface area (Å²) < 4.78 is 5.36. The predicted molar refractivity (Wildman–Crippen MR) is 126 cm³/mol. The number of hydrogen-bond acceptors (Lipinski definition) is 6. The van der Waals surface area contributed by atoms with E-state index in [0.29, 0.717) is 17.8 Å². The van der Waals surface area contributed by atoms with Gasteiger partial charge in [-0.25, -0.2) is 0 Å². The van der Waals surface area contributed by atoms with Crippen molar-refractivity contribution in [1.82, 2.24) is 10.2 Å². The van der Waals surface area contributed by atoms with Gasteiger partial charge in [-0.05, 0) is 55.8 Å². The van der Waals surface area contributed by atoms with E-state index >= 15 is 0 Å². The summed E-state index contributed by atoms with van der Waals surface area (Å²) in [5.74, 6) is 0.445. The maximum Gasteiger partial charge on any atom is 0.293 e. The van der Waals surface area contributed by atoms with Crippen molar-refractivity contribution in [2.24, 2.45) is 0 Å². The highest BCUT2D eigenvalue weighted by atomic mass is 16.6. The second kappa shape index (κ2) is 10.9. The van der Waals surface area contributed by atoms with E-state index in [1.807, 2.05) is 29.2 Å². The quantitative estimate of drug-likeness (QED) is 0.444. The smallest absolute Gasteiger partial charge is 0.293 e. The van der Waals surface area contributed by atoms with Gasteiger partial charge in [0.1, 0.15) is 11.4 Å². The molecule has 1 aliphatic heterocycles. The number of carbonyl (C=O) groups is 1. The number of nitro benzene ring substituents is 1. The number of benzene rings is 2. The number of amides is 1. The van der Waals surface area contributed by atoms with E-state index in [4.69, 9.17) is 4.74 Å². The van der Waals surface area contributed by atoms with Gasteiger partial charge in [0, 0.05) is 31.3 Å². The minimum absolute atomic E-state index is 0.0207. The number of nitrogens with one attached hydrogen (secondary N) is 1. The van der Waals surface area contributed by atoms with Crippen molar-refractivity contribution in [3.63, 3.8) is 0 Å². The minimum atomic E-state index is -0.403. The highest BCUT2D eigenvalue weighted by Crippen LogP contribution is 2.32. The average Bonchev–Trinajstić information content (AvgIpc) is 3.36. The fourth-order valence-corrected chi connectivity index (χ4v) is 4.30. The van der Waals surface area contributed by atoms with Crippen molar-refractivity contribution in [3.8, 4) is 5.75 Å². The Bertz CT molecular complexity index is 939. The van der Waals surface area contributed by atoms with Crippen molar-refractivity contribution in [1.29, 1.82) is 0 Å². The molecule has 0 saturated carbocycles. The first-order valence-electron chi connectivity index (χ1n) is 11.2. The molecule has 2 aromatic rings. The summed E-state index contributed by atoms with van der Waals surface area (Å²) in [4.78, 5) is 28.4. The number of likely N-dealkylation sites (N-methyl/N-ethyl adjacent to an activating group) is 1. The lowest BCUT2D eigenvalue weighted by molar-refractivity contribution is -0.384. The molecule has 1 heterocycles. The van der Waals surface area contributed by atoms with Crippen LogP contribution in [0.3, 0.4) is 0 Å². The zero-order valence-electron chi connectivity index (χ0n) is 19.0. The van der Waals surface area contributed by atoms with Crippen LogP contribution in [-0.2, 0) is 0 Å². The molecule has 0 spiro atoms. The van der Waals surface area contributed by atoms with Gasteiger partial charge in [0.2, 0.25) is 0 Å². The van der Waals surface area contributed by atoms with Gasteiger partial charge < -0.3 is 15.0 Å². The molecule has 1 amide bonds. The number of ether oxygens (including phenoxy) is 1. The molecule has 172 valence electrons. The summed E-state index contributed by atoms with van der Waals surface area (Å²) in [6, 6.07) is 12.5. The lowest BCUT2D eigenvalue weighted by Crippen LogP contribution is -2.38. The summed E-state index contributed by atoms with van der Waals surface area (Å²) in [5.41, 5.74) is 1.90. The number of rotatable bonds is 10. The van der Waals surface area contributed by atoms with Crippen molar-refractivity contribution in [2.75, 3.05) is 44.7 Å². The summed E-state index contributed by atoms with van der Waals surface area (Å²) in [6.07, 6.45) is 2.05. The van der Waals surface area contributed by atoms with Crippen LogP contribution < -0.4 is 15.0 Å². The first-order valence-corrected chi connectivity index (χ1v) is 11.2. The minimum Gasteiger partial charge on any atom is -0.497 e. The standard InChI is InChI=1S/C24H32N4O4/c1-4-26(5-2)23(18-9-8-10-20(15-18)32-3)17-25-24(29)19-11-12-21(22(16-19)28(30)31)27-13-6-7-14-27/h8-12,15-16,23H,4-7,13-14,17H2,1-3H3,(H,25,29). The Balaban J connectivity index is 1.79. The summed E-state index contributed by atoms with van der Waals surface area (Å²) in [7, 11) is 1.63. The molecule has 0 aromatic heterocycles. The fourth-order valence-electron chi connectivity index (χ4n) is 4.30. The van der Waals surface area contributed by atoms with Crippen molar-refractivity contribution < 1.29 is 14.5 Å². The number of nitro groups is 1. The van der Waals surface area contributed by atoms with Gasteiger partial charge in [-0.15, -0.1) is 0 Å². The van der Waals surface area contributed by atoms with E-state index in [-0.39, 0.29) is 17.6 Å². The molecule has 8 heteroatoms. The second-order valence-corrected chi connectivity index (χ2v) is 7.88. The summed E-state index contributed by atoms with van der Waals surface area (Å²) in [5, 5.41) is 14.6. The molecule has 1 saturated heterocycles. The number of anilines is 1. The number of methoxy groups -OCH3 is 1. The average molecular weight is 441 g/mol. The topological polar surface area (TPSA) is 88.0 Å². The molecule has 0 aliphatic carbocycles. The van der Waals surface area contributed by atoms with Crippen LogP contribution in [0.1, 0.15) is 48.7 Å². The van der Waals surface area contributed by atoms with Gasteiger partial charge in [0.25, 0.3) is 11.6 Å².